The van der Waals surface area contributed by atoms with Crippen LogP contribution in [-0.2, 0) is 15.1 Å². The fraction of sp³-hybridized carbons (Fsp3) is 0.357. The van der Waals surface area contributed by atoms with Gasteiger partial charge in [-0.05, 0) is 12.5 Å². The summed E-state index contributed by atoms with van der Waals surface area (Å²) < 4.78 is 0. The molecular weight excluding hydrogens is 258 g/mol. The molecule has 2 N–H and O–H groups in total. The number of fused-ring (bicyclic) bond motifs is 1. The molecule has 1 aromatic rings. The fourth-order valence-electron chi connectivity index (χ4n) is 2.43. The van der Waals surface area contributed by atoms with E-state index in [0.29, 0.717) is 24.1 Å². The van der Waals surface area contributed by atoms with Gasteiger partial charge in [-0.2, -0.15) is 0 Å². The van der Waals surface area contributed by atoms with E-state index >= 15 is 0 Å². The van der Waals surface area contributed by atoms with Crippen molar-refractivity contribution < 1.29 is 14.4 Å². The summed E-state index contributed by atoms with van der Waals surface area (Å²) in [5.41, 5.74) is -0.453. The van der Waals surface area contributed by atoms with Gasteiger partial charge in [0.05, 0.1) is 5.69 Å². The lowest BCUT2D eigenvalue weighted by Crippen LogP contribution is -2.56. The average molecular weight is 275 g/mol. The van der Waals surface area contributed by atoms with Gasteiger partial charge >= 0.3 is 6.03 Å². The first kappa shape index (κ1) is 14.0. The maximum atomic E-state index is 12.6. The summed E-state index contributed by atoms with van der Waals surface area (Å²) in [4.78, 5) is 37.4. The van der Waals surface area contributed by atoms with Gasteiger partial charge in [-0.1, -0.05) is 25.1 Å². The number of carbonyl (C=O) groups excluding carboxylic acids is 3. The van der Waals surface area contributed by atoms with Crippen LogP contribution in [0.25, 0.3) is 0 Å². The minimum Gasteiger partial charge on any atom is -0.341 e. The minimum atomic E-state index is -1.63. The van der Waals surface area contributed by atoms with E-state index in [1.807, 2.05) is 6.92 Å². The zero-order chi connectivity index (χ0) is 14.8. The summed E-state index contributed by atoms with van der Waals surface area (Å²) in [5, 5.41) is 4.85. The van der Waals surface area contributed by atoms with Crippen LogP contribution in [-0.4, -0.2) is 31.8 Å². The highest BCUT2D eigenvalue weighted by Crippen LogP contribution is 2.39. The predicted octanol–water partition coefficient (Wildman–Crippen LogP) is 0.766. The zero-order valence-electron chi connectivity index (χ0n) is 11.5. The Hall–Kier alpha value is -2.37. The Morgan fingerprint density at radius 2 is 2.10 bits per heavy atom. The lowest BCUT2D eigenvalue weighted by atomic mass is 9.93. The third kappa shape index (κ3) is 1.93. The first-order chi connectivity index (χ1) is 9.60. The summed E-state index contributed by atoms with van der Waals surface area (Å²) in [6.07, 6.45) is 1.26. The summed E-state index contributed by atoms with van der Waals surface area (Å²) in [7, 11) is 1.43. The van der Waals surface area contributed by atoms with Crippen molar-refractivity contribution in [2.45, 2.75) is 18.9 Å². The zero-order valence-corrected chi connectivity index (χ0v) is 11.5. The van der Waals surface area contributed by atoms with Crippen molar-refractivity contribution in [1.82, 2.24) is 10.6 Å². The molecule has 0 saturated heterocycles. The highest BCUT2D eigenvalue weighted by atomic mass is 16.2. The molecule has 0 aromatic heterocycles. The predicted molar refractivity (Wildman–Crippen MR) is 74.4 cm³/mol. The molecule has 1 aliphatic heterocycles. The Balaban J connectivity index is 2.55. The molecule has 106 valence electrons. The Bertz CT molecular complexity index is 558. The Morgan fingerprint density at radius 1 is 1.40 bits per heavy atom. The molecular formula is C14H17N3O3. The molecule has 0 aliphatic carbocycles. The number of urea groups is 1. The number of rotatable bonds is 4. The van der Waals surface area contributed by atoms with Crippen molar-refractivity contribution >= 4 is 23.9 Å². The van der Waals surface area contributed by atoms with E-state index in [9.17, 15) is 14.4 Å². The second-order valence-electron chi connectivity index (χ2n) is 4.60. The van der Waals surface area contributed by atoms with Gasteiger partial charge in [0, 0.05) is 19.2 Å². The van der Waals surface area contributed by atoms with Crippen LogP contribution in [0.3, 0.4) is 0 Å². The molecule has 0 fully saturated rings. The normalized spacial score (nSPS) is 20.5. The molecule has 0 spiro atoms. The summed E-state index contributed by atoms with van der Waals surface area (Å²) >= 11 is 0. The van der Waals surface area contributed by atoms with E-state index < -0.39 is 17.5 Å². The van der Waals surface area contributed by atoms with Crippen LogP contribution in [0.15, 0.2) is 24.3 Å². The summed E-state index contributed by atoms with van der Waals surface area (Å²) in [5.74, 6) is -0.417. The molecule has 1 atom stereocenters. The van der Waals surface area contributed by atoms with Gasteiger partial charge < -0.3 is 15.5 Å². The second-order valence-corrected chi connectivity index (χ2v) is 4.60. The second kappa shape index (κ2) is 5.32. The van der Waals surface area contributed by atoms with Gasteiger partial charge in [-0.15, -0.1) is 0 Å². The molecule has 1 aromatic carbocycles. The number of carbonyl (C=O) groups is 3. The van der Waals surface area contributed by atoms with E-state index in [1.54, 1.807) is 29.2 Å². The number of amides is 3. The molecule has 6 heteroatoms. The third-order valence-electron chi connectivity index (χ3n) is 3.36. The van der Waals surface area contributed by atoms with Crippen LogP contribution in [0.4, 0.5) is 10.5 Å². The van der Waals surface area contributed by atoms with Gasteiger partial charge in [-0.25, -0.2) is 4.79 Å². The molecule has 20 heavy (non-hydrogen) atoms. The Labute approximate surface area is 117 Å². The topological polar surface area (TPSA) is 78.5 Å². The number of hydrogen-bond donors (Lipinski definition) is 2. The lowest BCUT2D eigenvalue weighted by Gasteiger charge is -2.24. The quantitative estimate of drug-likeness (QED) is 0.629. The summed E-state index contributed by atoms with van der Waals surface area (Å²) in [6, 6.07) is 6.44. The van der Waals surface area contributed by atoms with Crippen LogP contribution in [0.5, 0.6) is 0 Å². The van der Waals surface area contributed by atoms with Gasteiger partial charge in [0.25, 0.3) is 5.91 Å². The van der Waals surface area contributed by atoms with Crippen molar-refractivity contribution in [2.24, 2.45) is 0 Å². The van der Waals surface area contributed by atoms with Crippen LogP contribution in [0, 0.1) is 0 Å². The molecule has 0 bridgehead atoms. The fourth-order valence-corrected chi connectivity index (χ4v) is 2.43. The average Bonchev–Trinajstić information content (AvgIpc) is 2.70. The molecule has 0 radical (unpaired) electrons. The third-order valence-corrected chi connectivity index (χ3v) is 3.36. The number of benzene rings is 1. The van der Waals surface area contributed by atoms with E-state index in [1.165, 1.54) is 7.05 Å². The lowest BCUT2D eigenvalue weighted by molar-refractivity contribution is -0.129. The largest absolute Gasteiger partial charge is 0.341 e. The Kier molecular flexibility index (Phi) is 3.74. The molecule has 6 nitrogen and oxygen atoms in total. The minimum absolute atomic E-state index is 0.417. The van der Waals surface area contributed by atoms with E-state index in [0.717, 1.165) is 6.42 Å². The molecule has 1 aliphatic rings. The van der Waals surface area contributed by atoms with E-state index in [-0.39, 0.29) is 0 Å². The first-order valence-electron chi connectivity index (χ1n) is 6.48. The van der Waals surface area contributed by atoms with Crippen LogP contribution < -0.4 is 15.5 Å². The standard InChI is InChI=1S/C14H17N3O3/c1-3-8-17-11-7-5-4-6-10(11)14(9-18,12(17)19)16-13(20)15-2/h4-7,9H,3,8H2,1-2H3,(H2,15,16,20). The number of anilines is 1. The van der Waals surface area contributed by atoms with Gasteiger partial charge in [0.1, 0.15) is 0 Å². The number of para-hydroxylation sites is 1. The molecule has 1 heterocycles. The van der Waals surface area contributed by atoms with Crippen molar-refractivity contribution in [2.75, 3.05) is 18.5 Å². The monoisotopic (exact) mass is 275 g/mol. The molecule has 3 amide bonds. The van der Waals surface area contributed by atoms with Crippen LogP contribution >= 0.6 is 0 Å². The highest BCUT2D eigenvalue weighted by Gasteiger charge is 2.51. The summed E-state index contributed by atoms with van der Waals surface area (Å²) in [6.45, 7) is 2.45. The number of nitrogens with one attached hydrogen (secondary N) is 2. The van der Waals surface area contributed by atoms with E-state index in [4.69, 9.17) is 0 Å². The van der Waals surface area contributed by atoms with Crippen LogP contribution in [0.1, 0.15) is 18.9 Å². The maximum absolute atomic E-state index is 12.6. The van der Waals surface area contributed by atoms with Gasteiger partial charge in [0.2, 0.25) is 5.54 Å². The number of aldehydes is 1. The highest BCUT2D eigenvalue weighted by molar-refractivity contribution is 6.18. The van der Waals surface area contributed by atoms with Crippen molar-refractivity contribution in [3.05, 3.63) is 29.8 Å². The van der Waals surface area contributed by atoms with Crippen molar-refractivity contribution in [3.8, 4) is 0 Å². The maximum Gasteiger partial charge on any atom is 0.315 e. The number of hydrogen-bond acceptors (Lipinski definition) is 3. The SMILES string of the molecule is CCCN1C(=O)C(C=O)(NC(=O)NC)c2ccccc21. The number of nitrogens with zero attached hydrogens (tertiary/aromatic N) is 1. The molecule has 2 rings (SSSR count). The Morgan fingerprint density at radius 3 is 2.70 bits per heavy atom. The van der Waals surface area contributed by atoms with Crippen molar-refractivity contribution in [1.29, 1.82) is 0 Å². The van der Waals surface area contributed by atoms with E-state index in [2.05, 4.69) is 10.6 Å². The smallest absolute Gasteiger partial charge is 0.315 e. The van der Waals surface area contributed by atoms with Crippen molar-refractivity contribution in [3.63, 3.8) is 0 Å². The van der Waals surface area contributed by atoms with Crippen LogP contribution in [0.2, 0.25) is 0 Å². The first-order valence-corrected chi connectivity index (χ1v) is 6.48. The molecule has 1 unspecified atom stereocenters. The van der Waals surface area contributed by atoms with Gasteiger partial charge in [-0.3, -0.25) is 9.59 Å². The molecule has 0 saturated carbocycles. The van der Waals surface area contributed by atoms with Gasteiger partial charge in [0.15, 0.2) is 6.29 Å².